The first kappa shape index (κ1) is 14.1. The third-order valence-electron chi connectivity index (χ3n) is 2.79. The van der Waals surface area contributed by atoms with Crippen LogP contribution >= 0.6 is 0 Å². The highest BCUT2D eigenvalue weighted by atomic mass is 16.5. The van der Waals surface area contributed by atoms with Crippen LogP contribution in [0.2, 0.25) is 0 Å². The fourth-order valence-electron chi connectivity index (χ4n) is 1.75. The third-order valence-corrected chi connectivity index (χ3v) is 2.79. The van der Waals surface area contributed by atoms with Gasteiger partial charge in [-0.2, -0.15) is 4.98 Å². The van der Waals surface area contributed by atoms with Crippen LogP contribution in [0.25, 0.3) is 11.4 Å². The molecule has 2 aromatic rings. The van der Waals surface area contributed by atoms with E-state index in [9.17, 15) is 0 Å². The van der Waals surface area contributed by atoms with Crippen molar-refractivity contribution in [3.8, 4) is 17.3 Å². The third kappa shape index (κ3) is 3.82. The predicted octanol–water partition coefficient (Wildman–Crippen LogP) is 3.53. The summed E-state index contributed by atoms with van der Waals surface area (Å²) in [5.41, 5.74) is 0.973. The van der Waals surface area contributed by atoms with Crippen LogP contribution in [0.1, 0.15) is 12.8 Å². The normalized spacial score (nSPS) is 10.1. The summed E-state index contributed by atoms with van der Waals surface area (Å²) in [6, 6.07) is 11.7. The van der Waals surface area contributed by atoms with E-state index in [0.717, 1.165) is 24.2 Å². The number of benzene rings is 1. The van der Waals surface area contributed by atoms with Gasteiger partial charge >= 0.3 is 0 Å². The van der Waals surface area contributed by atoms with Crippen molar-refractivity contribution in [1.29, 1.82) is 0 Å². The van der Waals surface area contributed by atoms with Gasteiger partial charge in [-0.15, -0.1) is 6.58 Å². The van der Waals surface area contributed by atoms with E-state index >= 15 is 0 Å². The van der Waals surface area contributed by atoms with Crippen LogP contribution in [-0.4, -0.2) is 23.6 Å². The number of anilines is 1. The fraction of sp³-hybridized carbons (Fsp3) is 0.250. The summed E-state index contributed by atoms with van der Waals surface area (Å²) in [5.74, 6) is 2.00. The maximum atomic E-state index is 5.67. The molecule has 0 aliphatic heterocycles. The summed E-state index contributed by atoms with van der Waals surface area (Å²) >= 11 is 0. The van der Waals surface area contributed by atoms with Gasteiger partial charge in [-0.05, 0) is 12.8 Å². The molecule has 1 N–H and O–H groups in total. The molecule has 4 nitrogen and oxygen atoms in total. The van der Waals surface area contributed by atoms with Crippen molar-refractivity contribution in [2.45, 2.75) is 12.8 Å². The van der Waals surface area contributed by atoms with Crippen molar-refractivity contribution < 1.29 is 4.74 Å². The van der Waals surface area contributed by atoms with Gasteiger partial charge in [0.1, 0.15) is 5.82 Å². The molecule has 0 aliphatic carbocycles. The number of rotatable bonds is 7. The smallest absolute Gasteiger partial charge is 0.219 e. The molecule has 0 fully saturated rings. The van der Waals surface area contributed by atoms with Gasteiger partial charge in [0.15, 0.2) is 5.82 Å². The highest BCUT2D eigenvalue weighted by molar-refractivity contribution is 5.58. The first-order valence-corrected chi connectivity index (χ1v) is 6.69. The molecule has 0 spiro atoms. The first-order chi connectivity index (χ1) is 9.83. The molecule has 0 unspecified atom stereocenters. The number of unbranched alkanes of at least 4 members (excludes halogenated alkanes) is 1. The van der Waals surface area contributed by atoms with Crippen LogP contribution in [0, 0.1) is 0 Å². The molecule has 0 amide bonds. The molecule has 4 heteroatoms. The van der Waals surface area contributed by atoms with E-state index in [4.69, 9.17) is 4.74 Å². The van der Waals surface area contributed by atoms with Crippen molar-refractivity contribution in [3.05, 3.63) is 49.1 Å². The minimum Gasteiger partial charge on any atom is -0.478 e. The average molecular weight is 269 g/mol. The lowest BCUT2D eigenvalue weighted by Gasteiger charge is -2.09. The highest BCUT2D eigenvalue weighted by Gasteiger charge is 2.06. The Kier molecular flexibility index (Phi) is 5.12. The molecular weight excluding hydrogens is 250 g/mol. The maximum Gasteiger partial charge on any atom is 0.219 e. The highest BCUT2D eigenvalue weighted by Crippen LogP contribution is 2.21. The Bertz CT molecular complexity index is 555. The number of aromatic nitrogens is 2. The number of ether oxygens (including phenoxy) is 1. The van der Waals surface area contributed by atoms with Crippen LogP contribution in [0.5, 0.6) is 5.88 Å². The second kappa shape index (κ2) is 7.28. The van der Waals surface area contributed by atoms with Crippen LogP contribution in [0.3, 0.4) is 0 Å². The topological polar surface area (TPSA) is 47.0 Å². The Morgan fingerprint density at radius 1 is 1.25 bits per heavy atom. The van der Waals surface area contributed by atoms with Gasteiger partial charge < -0.3 is 10.1 Å². The summed E-state index contributed by atoms with van der Waals surface area (Å²) in [7, 11) is 1.83. The standard InChI is InChI=1S/C16H19N3O/c1-3-4-8-11-20-15-12-14(17-2)18-16(19-15)13-9-6-5-7-10-13/h3,5-7,9-10,12H,1,4,8,11H2,2H3,(H,17,18,19). The SMILES string of the molecule is C=CCCCOc1cc(NC)nc(-c2ccccc2)n1. The van der Waals surface area contributed by atoms with E-state index in [0.29, 0.717) is 18.3 Å². The van der Waals surface area contributed by atoms with Crippen molar-refractivity contribution in [2.75, 3.05) is 19.0 Å². The second-order valence-electron chi connectivity index (χ2n) is 4.31. The summed E-state index contributed by atoms with van der Waals surface area (Å²) in [5, 5.41) is 3.03. The minimum atomic E-state index is 0.590. The number of nitrogens with one attached hydrogen (secondary N) is 1. The van der Waals surface area contributed by atoms with Crippen LogP contribution in [0.4, 0.5) is 5.82 Å². The fourth-order valence-corrected chi connectivity index (χ4v) is 1.75. The molecule has 0 aliphatic rings. The zero-order valence-corrected chi connectivity index (χ0v) is 11.7. The lowest BCUT2D eigenvalue weighted by atomic mass is 10.2. The van der Waals surface area contributed by atoms with E-state index in [1.54, 1.807) is 6.07 Å². The summed E-state index contributed by atoms with van der Waals surface area (Å²) in [4.78, 5) is 8.90. The molecule has 2 rings (SSSR count). The van der Waals surface area contributed by atoms with E-state index in [1.807, 2.05) is 43.5 Å². The summed E-state index contributed by atoms with van der Waals surface area (Å²) in [6.45, 7) is 4.32. The Morgan fingerprint density at radius 2 is 2.05 bits per heavy atom. The van der Waals surface area contributed by atoms with Gasteiger partial charge in [0.05, 0.1) is 6.61 Å². The lowest BCUT2D eigenvalue weighted by Crippen LogP contribution is -2.03. The quantitative estimate of drug-likeness (QED) is 0.617. The molecule has 104 valence electrons. The summed E-state index contributed by atoms with van der Waals surface area (Å²) in [6.07, 6.45) is 3.76. The zero-order chi connectivity index (χ0) is 14.2. The van der Waals surface area contributed by atoms with E-state index in [-0.39, 0.29) is 0 Å². The number of allylic oxidation sites excluding steroid dienone is 1. The van der Waals surface area contributed by atoms with Crippen molar-refractivity contribution in [2.24, 2.45) is 0 Å². The Labute approximate surface area is 119 Å². The van der Waals surface area contributed by atoms with Gasteiger partial charge in [-0.25, -0.2) is 4.98 Å². The zero-order valence-electron chi connectivity index (χ0n) is 11.7. The molecule has 1 aromatic carbocycles. The van der Waals surface area contributed by atoms with E-state index in [2.05, 4.69) is 21.9 Å². The Balaban J connectivity index is 2.18. The van der Waals surface area contributed by atoms with Crippen LogP contribution in [0.15, 0.2) is 49.1 Å². The van der Waals surface area contributed by atoms with Crippen molar-refractivity contribution in [1.82, 2.24) is 9.97 Å². The number of hydrogen-bond donors (Lipinski definition) is 1. The second-order valence-corrected chi connectivity index (χ2v) is 4.31. The summed E-state index contributed by atoms with van der Waals surface area (Å²) < 4.78 is 5.67. The van der Waals surface area contributed by atoms with E-state index in [1.165, 1.54) is 0 Å². The molecule has 20 heavy (non-hydrogen) atoms. The predicted molar refractivity (Wildman–Crippen MR) is 81.9 cm³/mol. The lowest BCUT2D eigenvalue weighted by molar-refractivity contribution is 0.300. The average Bonchev–Trinajstić information content (AvgIpc) is 2.52. The molecule has 1 heterocycles. The van der Waals surface area contributed by atoms with Gasteiger partial charge in [-0.1, -0.05) is 36.4 Å². The molecule has 0 saturated carbocycles. The van der Waals surface area contributed by atoms with Crippen molar-refractivity contribution >= 4 is 5.82 Å². The van der Waals surface area contributed by atoms with Crippen molar-refractivity contribution in [3.63, 3.8) is 0 Å². The molecule has 0 saturated heterocycles. The number of nitrogens with zero attached hydrogens (tertiary/aromatic N) is 2. The Morgan fingerprint density at radius 3 is 2.75 bits per heavy atom. The monoisotopic (exact) mass is 269 g/mol. The molecule has 1 aromatic heterocycles. The number of hydrogen-bond acceptors (Lipinski definition) is 4. The molecular formula is C16H19N3O. The van der Waals surface area contributed by atoms with E-state index < -0.39 is 0 Å². The van der Waals surface area contributed by atoms with Gasteiger partial charge in [0.2, 0.25) is 5.88 Å². The van der Waals surface area contributed by atoms with Gasteiger partial charge in [-0.3, -0.25) is 0 Å². The van der Waals surface area contributed by atoms with Crippen LogP contribution in [-0.2, 0) is 0 Å². The molecule has 0 atom stereocenters. The van der Waals surface area contributed by atoms with Gasteiger partial charge in [0.25, 0.3) is 0 Å². The van der Waals surface area contributed by atoms with Crippen LogP contribution < -0.4 is 10.1 Å². The maximum absolute atomic E-state index is 5.67. The minimum absolute atomic E-state index is 0.590. The molecule has 0 bridgehead atoms. The largest absolute Gasteiger partial charge is 0.478 e. The Hall–Kier alpha value is -2.36. The first-order valence-electron chi connectivity index (χ1n) is 6.69. The molecule has 0 radical (unpaired) electrons. The van der Waals surface area contributed by atoms with Gasteiger partial charge in [0, 0.05) is 18.7 Å².